The number of benzene rings is 1. The van der Waals surface area contributed by atoms with Gasteiger partial charge in [0.2, 0.25) is 0 Å². The first kappa shape index (κ1) is 14.8. The van der Waals surface area contributed by atoms with Crippen LogP contribution in [0.1, 0.15) is 9.67 Å². The molecule has 0 aliphatic carbocycles. The number of hydrogen-bond donors (Lipinski definition) is 1. The third-order valence-corrected chi connectivity index (χ3v) is 4.46. The van der Waals surface area contributed by atoms with Gasteiger partial charge in [0.05, 0.1) is 23.3 Å². The van der Waals surface area contributed by atoms with Crippen molar-refractivity contribution in [2.24, 2.45) is 0 Å². The number of nitrogens with one attached hydrogen (secondary N) is 1. The van der Waals surface area contributed by atoms with Crippen molar-refractivity contribution in [1.82, 2.24) is 9.78 Å². The molecule has 24 heavy (non-hydrogen) atoms. The maximum Gasteiger partial charge on any atom is 0.265 e. The van der Waals surface area contributed by atoms with E-state index in [-0.39, 0.29) is 12.0 Å². The van der Waals surface area contributed by atoms with E-state index in [4.69, 9.17) is 9.47 Å². The van der Waals surface area contributed by atoms with Gasteiger partial charge in [-0.25, -0.2) is 0 Å². The van der Waals surface area contributed by atoms with E-state index in [1.54, 1.807) is 23.1 Å². The van der Waals surface area contributed by atoms with Crippen LogP contribution in [-0.2, 0) is 6.54 Å². The smallest absolute Gasteiger partial charge is 0.265 e. The third-order valence-electron chi connectivity index (χ3n) is 3.59. The molecule has 0 radical (unpaired) electrons. The van der Waals surface area contributed by atoms with Crippen molar-refractivity contribution >= 4 is 22.9 Å². The van der Waals surface area contributed by atoms with E-state index in [1.807, 2.05) is 35.7 Å². The zero-order valence-electron chi connectivity index (χ0n) is 12.7. The summed E-state index contributed by atoms with van der Waals surface area (Å²) in [5.74, 6) is 1.38. The molecule has 0 bridgehead atoms. The number of ether oxygens (including phenoxy) is 2. The van der Waals surface area contributed by atoms with Gasteiger partial charge in [0.25, 0.3) is 5.91 Å². The molecule has 6 nitrogen and oxygen atoms in total. The molecule has 1 N–H and O–H groups in total. The highest BCUT2D eigenvalue weighted by Crippen LogP contribution is 2.31. The van der Waals surface area contributed by atoms with Crippen LogP contribution in [0.3, 0.4) is 0 Å². The van der Waals surface area contributed by atoms with Gasteiger partial charge in [-0.2, -0.15) is 5.10 Å². The highest BCUT2D eigenvalue weighted by molar-refractivity contribution is 7.12. The number of amides is 1. The summed E-state index contributed by atoms with van der Waals surface area (Å²) in [7, 11) is 0. The van der Waals surface area contributed by atoms with Crippen LogP contribution >= 0.6 is 11.3 Å². The molecule has 1 amide bonds. The molecule has 1 aliphatic heterocycles. The molecular formula is C17H15N3O3S. The van der Waals surface area contributed by atoms with Crippen LogP contribution in [0.5, 0.6) is 11.5 Å². The normalized spacial score (nSPS) is 15.9. The summed E-state index contributed by atoms with van der Waals surface area (Å²) in [5, 5.41) is 8.98. The average molecular weight is 341 g/mol. The van der Waals surface area contributed by atoms with E-state index in [2.05, 4.69) is 10.4 Å². The van der Waals surface area contributed by atoms with Crippen LogP contribution in [0.15, 0.2) is 54.2 Å². The van der Waals surface area contributed by atoms with Crippen molar-refractivity contribution in [3.8, 4) is 11.5 Å². The second-order valence-corrected chi connectivity index (χ2v) is 6.33. The molecule has 7 heteroatoms. The van der Waals surface area contributed by atoms with Crippen molar-refractivity contribution < 1.29 is 14.3 Å². The Morgan fingerprint density at radius 1 is 1.29 bits per heavy atom. The fourth-order valence-electron chi connectivity index (χ4n) is 2.49. The second-order valence-electron chi connectivity index (χ2n) is 5.38. The molecule has 1 aliphatic rings. The number of fused-ring (bicyclic) bond motifs is 1. The molecule has 122 valence electrons. The Kier molecular flexibility index (Phi) is 3.92. The van der Waals surface area contributed by atoms with Gasteiger partial charge in [0.15, 0.2) is 17.6 Å². The molecule has 0 spiro atoms. The standard InChI is InChI=1S/C17H15N3O3S/c21-17(16-6-3-7-24-16)19-12-8-18-20(9-12)10-13-11-22-14-4-1-2-5-15(14)23-13/h1-9,13H,10-11H2,(H,19,21). The summed E-state index contributed by atoms with van der Waals surface area (Å²) in [6.07, 6.45) is 3.29. The quantitative estimate of drug-likeness (QED) is 0.792. The summed E-state index contributed by atoms with van der Waals surface area (Å²) < 4.78 is 13.3. The number of carbonyl (C=O) groups is 1. The zero-order valence-corrected chi connectivity index (χ0v) is 13.5. The lowest BCUT2D eigenvalue weighted by atomic mass is 10.2. The van der Waals surface area contributed by atoms with E-state index >= 15 is 0 Å². The molecule has 4 rings (SSSR count). The zero-order chi connectivity index (χ0) is 16.4. The van der Waals surface area contributed by atoms with Gasteiger partial charge in [0.1, 0.15) is 6.61 Å². The van der Waals surface area contributed by atoms with E-state index < -0.39 is 0 Å². The Hall–Kier alpha value is -2.80. The Bertz CT molecular complexity index is 844. The average Bonchev–Trinajstić information content (AvgIpc) is 3.27. The van der Waals surface area contributed by atoms with Gasteiger partial charge >= 0.3 is 0 Å². The largest absolute Gasteiger partial charge is 0.486 e. The van der Waals surface area contributed by atoms with Crippen molar-refractivity contribution in [1.29, 1.82) is 0 Å². The molecule has 1 atom stereocenters. The Balaban J connectivity index is 1.38. The molecule has 1 unspecified atom stereocenters. The maximum absolute atomic E-state index is 12.0. The first-order valence-corrected chi connectivity index (χ1v) is 8.42. The monoisotopic (exact) mass is 341 g/mol. The third kappa shape index (κ3) is 3.11. The van der Waals surface area contributed by atoms with Gasteiger partial charge in [-0.05, 0) is 23.6 Å². The van der Waals surface area contributed by atoms with Crippen molar-refractivity contribution in [2.45, 2.75) is 12.6 Å². The minimum absolute atomic E-state index is 0.124. The van der Waals surface area contributed by atoms with Crippen molar-refractivity contribution in [2.75, 3.05) is 11.9 Å². The van der Waals surface area contributed by atoms with Crippen LogP contribution in [0, 0.1) is 0 Å². The topological polar surface area (TPSA) is 65.4 Å². The predicted molar refractivity (Wildman–Crippen MR) is 90.9 cm³/mol. The number of aromatic nitrogens is 2. The molecule has 3 aromatic rings. The minimum atomic E-state index is -0.129. The van der Waals surface area contributed by atoms with Crippen LogP contribution in [0.25, 0.3) is 0 Å². The Morgan fingerprint density at radius 3 is 3.00 bits per heavy atom. The first-order valence-electron chi connectivity index (χ1n) is 7.54. The van der Waals surface area contributed by atoms with E-state index in [9.17, 15) is 4.79 Å². The molecule has 0 saturated carbocycles. The molecule has 1 aromatic carbocycles. The lowest BCUT2D eigenvalue weighted by molar-refractivity contribution is 0.0759. The SMILES string of the molecule is O=C(Nc1cnn(CC2COc3ccccc3O2)c1)c1cccs1. The minimum Gasteiger partial charge on any atom is -0.486 e. The molecule has 3 heterocycles. The first-order chi connectivity index (χ1) is 11.8. The Morgan fingerprint density at radius 2 is 2.17 bits per heavy atom. The number of thiophene rings is 1. The summed E-state index contributed by atoms with van der Waals surface area (Å²) in [4.78, 5) is 12.7. The number of carbonyl (C=O) groups excluding carboxylic acids is 1. The molecule has 2 aromatic heterocycles. The summed E-state index contributed by atoms with van der Waals surface area (Å²) >= 11 is 1.40. The number of nitrogens with zero attached hydrogens (tertiary/aromatic N) is 2. The summed E-state index contributed by atoms with van der Waals surface area (Å²) in [6, 6.07) is 11.2. The van der Waals surface area contributed by atoms with E-state index in [0.717, 1.165) is 11.5 Å². The van der Waals surface area contributed by atoms with Gasteiger partial charge in [-0.1, -0.05) is 18.2 Å². The second kappa shape index (κ2) is 6.37. The lowest BCUT2D eigenvalue weighted by Gasteiger charge is -2.26. The highest BCUT2D eigenvalue weighted by Gasteiger charge is 2.21. The summed E-state index contributed by atoms with van der Waals surface area (Å²) in [6.45, 7) is 1.01. The molecule has 0 fully saturated rings. The van der Waals surface area contributed by atoms with Gasteiger partial charge < -0.3 is 14.8 Å². The van der Waals surface area contributed by atoms with E-state index in [1.165, 1.54) is 11.3 Å². The van der Waals surface area contributed by atoms with Crippen LogP contribution < -0.4 is 14.8 Å². The Labute approximate surface area is 142 Å². The number of hydrogen-bond acceptors (Lipinski definition) is 5. The van der Waals surface area contributed by atoms with E-state index in [0.29, 0.717) is 23.7 Å². The van der Waals surface area contributed by atoms with Crippen molar-refractivity contribution in [3.05, 3.63) is 59.0 Å². The van der Waals surface area contributed by atoms with Gasteiger partial charge in [0, 0.05) is 6.20 Å². The number of para-hydroxylation sites is 2. The van der Waals surface area contributed by atoms with Gasteiger partial charge in [-0.15, -0.1) is 11.3 Å². The number of rotatable bonds is 4. The predicted octanol–water partition coefficient (Wildman–Crippen LogP) is 3.04. The fourth-order valence-corrected chi connectivity index (χ4v) is 3.11. The van der Waals surface area contributed by atoms with Crippen molar-refractivity contribution in [3.63, 3.8) is 0 Å². The highest BCUT2D eigenvalue weighted by atomic mass is 32.1. The molecule has 0 saturated heterocycles. The van der Waals surface area contributed by atoms with Crippen LogP contribution in [0.2, 0.25) is 0 Å². The van der Waals surface area contributed by atoms with Crippen LogP contribution in [0.4, 0.5) is 5.69 Å². The summed E-state index contributed by atoms with van der Waals surface area (Å²) in [5.41, 5.74) is 0.658. The number of anilines is 1. The lowest BCUT2D eigenvalue weighted by Crippen LogP contribution is -2.33. The van der Waals surface area contributed by atoms with Crippen LogP contribution in [-0.4, -0.2) is 28.4 Å². The fraction of sp³-hybridized carbons (Fsp3) is 0.176. The van der Waals surface area contributed by atoms with Gasteiger partial charge in [-0.3, -0.25) is 9.48 Å². The maximum atomic E-state index is 12.0. The molecular weight excluding hydrogens is 326 g/mol.